The third-order valence-electron chi connectivity index (χ3n) is 4.34. The highest BCUT2D eigenvalue weighted by Crippen LogP contribution is 2.42. The number of aromatic nitrogens is 2. The van der Waals surface area contributed by atoms with E-state index in [-0.39, 0.29) is 5.97 Å². The van der Waals surface area contributed by atoms with Crippen LogP contribution in [-0.4, -0.2) is 22.4 Å². The number of hydrogen-bond donors (Lipinski definition) is 0. The average molecular weight is 319 g/mol. The van der Waals surface area contributed by atoms with Crippen molar-refractivity contribution in [3.63, 3.8) is 0 Å². The molecule has 1 saturated carbocycles. The zero-order chi connectivity index (χ0) is 15.4. The number of benzene rings is 1. The van der Waals surface area contributed by atoms with Gasteiger partial charge in [0.05, 0.1) is 12.0 Å². The second kappa shape index (κ2) is 6.53. The van der Waals surface area contributed by atoms with Gasteiger partial charge in [0.2, 0.25) is 0 Å². The summed E-state index contributed by atoms with van der Waals surface area (Å²) < 4.78 is 7.31. The van der Waals surface area contributed by atoms with E-state index >= 15 is 0 Å². The van der Waals surface area contributed by atoms with E-state index in [2.05, 4.69) is 5.10 Å². The van der Waals surface area contributed by atoms with Gasteiger partial charge in [0.15, 0.2) is 0 Å². The molecule has 1 aromatic heterocycles. The monoisotopic (exact) mass is 318 g/mol. The summed E-state index contributed by atoms with van der Waals surface area (Å²) in [5.41, 5.74) is 0.441. The van der Waals surface area contributed by atoms with Gasteiger partial charge in [0.25, 0.3) is 0 Å². The molecular weight excluding hydrogens is 300 g/mol. The van der Waals surface area contributed by atoms with Crippen molar-refractivity contribution in [1.29, 1.82) is 0 Å². The number of ether oxygens (including phenoxy) is 1. The number of carbonyl (C=O) groups is 1. The predicted molar refractivity (Wildman–Crippen MR) is 84.8 cm³/mol. The predicted octanol–water partition coefficient (Wildman–Crippen LogP) is 3.59. The van der Waals surface area contributed by atoms with Gasteiger partial charge in [0.1, 0.15) is 6.61 Å². The molecule has 1 fully saturated rings. The number of carbonyl (C=O) groups excluding carboxylic acids is 1. The SMILES string of the molecule is O=C(OCCn1cccn1)C1(c2cccc(Cl)c2)CCCC1. The molecule has 0 bridgehead atoms. The lowest BCUT2D eigenvalue weighted by Gasteiger charge is -2.27. The average Bonchev–Trinajstić information content (AvgIpc) is 3.19. The normalized spacial score (nSPS) is 16.6. The Bertz CT molecular complexity index is 634. The van der Waals surface area contributed by atoms with Gasteiger partial charge in [-0.2, -0.15) is 5.10 Å². The van der Waals surface area contributed by atoms with Gasteiger partial charge in [-0.25, -0.2) is 0 Å². The molecule has 0 unspecified atom stereocenters. The Balaban J connectivity index is 1.71. The van der Waals surface area contributed by atoms with Gasteiger partial charge in [0, 0.05) is 17.4 Å². The first-order chi connectivity index (χ1) is 10.7. The zero-order valence-electron chi connectivity index (χ0n) is 12.4. The van der Waals surface area contributed by atoms with E-state index in [1.165, 1.54) is 0 Å². The first-order valence-electron chi connectivity index (χ1n) is 7.61. The fourth-order valence-corrected chi connectivity index (χ4v) is 3.37. The second-order valence-corrected chi connectivity index (χ2v) is 6.14. The summed E-state index contributed by atoms with van der Waals surface area (Å²) in [5, 5.41) is 4.77. The maximum Gasteiger partial charge on any atom is 0.316 e. The standard InChI is InChI=1S/C17H19ClN2O2/c18-15-6-3-5-14(13-15)17(7-1-2-8-17)16(21)22-12-11-20-10-4-9-19-20/h3-6,9-10,13H,1-2,7-8,11-12H2. The van der Waals surface area contributed by atoms with Gasteiger partial charge in [-0.1, -0.05) is 36.6 Å². The Kier molecular flexibility index (Phi) is 4.48. The minimum absolute atomic E-state index is 0.139. The highest BCUT2D eigenvalue weighted by Gasteiger charge is 2.44. The molecule has 1 aromatic carbocycles. The van der Waals surface area contributed by atoms with Crippen molar-refractivity contribution < 1.29 is 9.53 Å². The lowest BCUT2D eigenvalue weighted by atomic mass is 9.79. The molecular formula is C17H19ClN2O2. The van der Waals surface area contributed by atoms with Crippen LogP contribution in [0.5, 0.6) is 0 Å². The molecule has 116 valence electrons. The van der Waals surface area contributed by atoms with Gasteiger partial charge in [-0.05, 0) is 36.6 Å². The number of rotatable bonds is 5. The Morgan fingerprint density at radius 1 is 1.32 bits per heavy atom. The lowest BCUT2D eigenvalue weighted by molar-refractivity contribution is -0.151. The molecule has 2 aromatic rings. The molecule has 1 heterocycles. The van der Waals surface area contributed by atoms with Crippen LogP contribution in [0.25, 0.3) is 0 Å². The fraction of sp³-hybridized carbons (Fsp3) is 0.412. The van der Waals surface area contributed by atoms with Crippen LogP contribution in [0.15, 0.2) is 42.7 Å². The minimum atomic E-state index is -0.533. The van der Waals surface area contributed by atoms with Gasteiger partial charge < -0.3 is 4.74 Å². The molecule has 0 spiro atoms. The van der Waals surface area contributed by atoms with Crippen molar-refractivity contribution in [1.82, 2.24) is 9.78 Å². The number of halogens is 1. The minimum Gasteiger partial charge on any atom is -0.463 e. The topological polar surface area (TPSA) is 44.1 Å². The van der Waals surface area contributed by atoms with E-state index in [1.807, 2.05) is 36.5 Å². The molecule has 0 N–H and O–H groups in total. The van der Waals surface area contributed by atoms with Crippen LogP contribution < -0.4 is 0 Å². The molecule has 3 rings (SSSR count). The van der Waals surface area contributed by atoms with E-state index in [0.29, 0.717) is 18.2 Å². The van der Waals surface area contributed by atoms with E-state index in [0.717, 1.165) is 31.2 Å². The van der Waals surface area contributed by atoms with Gasteiger partial charge >= 0.3 is 5.97 Å². The number of nitrogens with zero attached hydrogens (tertiary/aromatic N) is 2. The Labute approximate surface area is 135 Å². The molecule has 0 atom stereocenters. The molecule has 0 saturated heterocycles. The molecule has 0 aliphatic heterocycles. The number of esters is 1. The van der Waals surface area contributed by atoms with Crippen LogP contribution in [0.4, 0.5) is 0 Å². The maximum absolute atomic E-state index is 12.7. The van der Waals surface area contributed by atoms with Gasteiger partial charge in [-0.3, -0.25) is 9.48 Å². The molecule has 1 aliphatic rings. The van der Waals surface area contributed by atoms with Crippen LogP contribution in [-0.2, 0) is 21.5 Å². The smallest absolute Gasteiger partial charge is 0.316 e. The summed E-state index contributed by atoms with van der Waals surface area (Å²) in [6.45, 7) is 0.910. The van der Waals surface area contributed by atoms with Crippen molar-refractivity contribution in [3.8, 4) is 0 Å². The zero-order valence-corrected chi connectivity index (χ0v) is 13.1. The second-order valence-electron chi connectivity index (χ2n) is 5.70. The molecule has 22 heavy (non-hydrogen) atoms. The van der Waals surface area contributed by atoms with Crippen molar-refractivity contribution in [2.75, 3.05) is 6.61 Å². The first kappa shape index (κ1) is 15.1. The van der Waals surface area contributed by atoms with Crippen molar-refractivity contribution in [3.05, 3.63) is 53.3 Å². The van der Waals surface area contributed by atoms with E-state index in [4.69, 9.17) is 16.3 Å². The Hall–Kier alpha value is -1.81. The van der Waals surface area contributed by atoms with Crippen molar-refractivity contribution in [2.45, 2.75) is 37.6 Å². The lowest BCUT2D eigenvalue weighted by Crippen LogP contribution is -2.35. The molecule has 5 heteroatoms. The third-order valence-corrected chi connectivity index (χ3v) is 4.57. The van der Waals surface area contributed by atoms with E-state index < -0.39 is 5.41 Å². The largest absolute Gasteiger partial charge is 0.463 e. The molecule has 1 aliphatic carbocycles. The summed E-state index contributed by atoms with van der Waals surface area (Å²) in [4.78, 5) is 12.7. The van der Waals surface area contributed by atoms with Crippen LogP contribution in [0, 0.1) is 0 Å². The summed E-state index contributed by atoms with van der Waals surface area (Å²) in [5.74, 6) is -0.139. The van der Waals surface area contributed by atoms with Gasteiger partial charge in [-0.15, -0.1) is 0 Å². The maximum atomic E-state index is 12.7. The first-order valence-corrected chi connectivity index (χ1v) is 7.99. The summed E-state index contributed by atoms with van der Waals surface area (Å²) in [6.07, 6.45) is 7.31. The highest BCUT2D eigenvalue weighted by molar-refractivity contribution is 6.30. The molecule has 0 amide bonds. The quantitative estimate of drug-likeness (QED) is 0.791. The molecule has 0 radical (unpaired) electrons. The highest BCUT2D eigenvalue weighted by atomic mass is 35.5. The summed E-state index contributed by atoms with van der Waals surface area (Å²) in [7, 11) is 0. The van der Waals surface area contributed by atoms with E-state index in [1.54, 1.807) is 10.9 Å². The Morgan fingerprint density at radius 2 is 2.14 bits per heavy atom. The molecule has 4 nitrogen and oxygen atoms in total. The van der Waals surface area contributed by atoms with Crippen LogP contribution >= 0.6 is 11.6 Å². The van der Waals surface area contributed by atoms with Crippen LogP contribution in [0.3, 0.4) is 0 Å². The van der Waals surface area contributed by atoms with Crippen LogP contribution in [0.1, 0.15) is 31.2 Å². The van der Waals surface area contributed by atoms with Crippen LogP contribution in [0.2, 0.25) is 5.02 Å². The summed E-state index contributed by atoms with van der Waals surface area (Å²) in [6, 6.07) is 9.45. The van der Waals surface area contributed by atoms with Crippen molar-refractivity contribution in [2.24, 2.45) is 0 Å². The Morgan fingerprint density at radius 3 is 2.82 bits per heavy atom. The third kappa shape index (κ3) is 3.02. The number of hydrogen-bond acceptors (Lipinski definition) is 3. The summed E-state index contributed by atoms with van der Waals surface area (Å²) >= 11 is 6.10. The fourth-order valence-electron chi connectivity index (χ4n) is 3.18. The van der Waals surface area contributed by atoms with E-state index in [9.17, 15) is 4.79 Å². The van der Waals surface area contributed by atoms with Crippen molar-refractivity contribution >= 4 is 17.6 Å².